The molecule has 20 heavy (non-hydrogen) atoms. The Balaban J connectivity index is 2.41. The Morgan fingerprint density at radius 2 is 1.90 bits per heavy atom. The van der Waals surface area contributed by atoms with Crippen LogP contribution in [0.4, 0.5) is 0 Å². The molecule has 1 fully saturated rings. The fourth-order valence-electron chi connectivity index (χ4n) is 3.29. The lowest BCUT2D eigenvalue weighted by Gasteiger charge is -2.39. The molecule has 0 radical (unpaired) electrons. The minimum atomic E-state index is 0.400. The van der Waals surface area contributed by atoms with E-state index in [1.54, 1.807) is 0 Å². The van der Waals surface area contributed by atoms with Crippen LogP contribution in [0, 0.1) is 5.41 Å². The lowest BCUT2D eigenvalue weighted by molar-refractivity contribution is 0.00430. The van der Waals surface area contributed by atoms with Gasteiger partial charge in [0.25, 0.3) is 0 Å². The predicted molar refractivity (Wildman–Crippen MR) is 87.2 cm³/mol. The summed E-state index contributed by atoms with van der Waals surface area (Å²) in [5, 5.41) is 3.64. The third-order valence-electron chi connectivity index (χ3n) is 4.33. The van der Waals surface area contributed by atoms with Crippen LogP contribution in [-0.2, 0) is 4.74 Å². The van der Waals surface area contributed by atoms with Crippen molar-refractivity contribution in [1.29, 1.82) is 0 Å². The average molecular weight is 284 g/mol. The number of nitrogens with one attached hydrogen (secondary N) is 1. The molecule has 0 aliphatic carbocycles. The van der Waals surface area contributed by atoms with Gasteiger partial charge in [0, 0.05) is 38.8 Å². The third-order valence-corrected chi connectivity index (χ3v) is 4.33. The fourth-order valence-corrected chi connectivity index (χ4v) is 3.29. The van der Waals surface area contributed by atoms with Crippen molar-refractivity contribution in [3.8, 4) is 0 Å². The van der Waals surface area contributed by atoms with E-state index in [1.807, 2.05) is 0 Å². The molecule has 1 saturated heterocycles. The smallest absolute Gasteiger partial charge is 0.0599 e. The maximum Gasteiger partial charge on any atom is 0.0599 e. The number of rotatable bonds is 9. The van der Waals surface area contributed by atoms with Crippen molar-refractivity contribution < 1.29 is 4.74 Å². The number of ether oxygens (including phenoxy) is 1. The summed E-state index contributed by atoms with van der Waals surface area (Å²) in [5.74, 6) is 0. The van der Waals surface area contributed by atoms with Gasteiger partial charge in [0.2, 0.25) is 0 Å². The van der Waals surface area contributed by atoms with Gasteiger partial charge in [-0.15, -0.1) is 0 Å². The van der Waals surface area contributed by atoms with Gasteiger partial charge in [-0.3, -0.25) is 0 Å². The van der Waals surface area contributed by atoms with Gasteiger partial charge in [0.15, 0.2) is 0 Å². The summed E-state index contributed by atoms with van der Waals surface area (Å²) in [6.45, 7) is 16.9. The van der Waals surface area contributed by atoms with Crippen LogP contribution in [0.2, 0.25) is 0 Å². The summed E-state index contributed by atoms with van der Waals surface area (Å²) in [4.78, 5) is 2.65. The first-order valence-corrected chi connectivity index (χ1v) is 8.56. The summed E-state index contributed by atoms with van der Waals surface area (Å²) in [5.41, 5.74) is 0.400. The highest BCUT2D eigenvalue weighted by Gasteiger charge is 2.28. The zero-order chi connectivity index (χ0) is 15.0. The maximum atomic E-state index is 5.75. The van der Waals surface area contributed by atoms with Crippen LogP contribution in [0.1, 0.15) is 60.3 Å². The molecule has 0 bridgehead atoms. The van der Waals surface area contributed by atoms with E-state index in [4.69, 9.17) is 4.74 Å². The quantitative estimate of drug-likeness (QED) is 0.703. The number of piperidine rings is 1. The van der Waals surface area contributed by atoms with E-state index in [0.717, 1.165) is 13.2 Å². The molecule has 1 atom stereocenters. The van der Waals surface area contributed by atoms with Crippen molar-refractivity contribution in [3.05, 3.63) is 0 Å². The normalized spacial score (nSPS) is 21.3. The molecular formula is C17H36N2O. The van der Waals surface area contributed by atoms with Crippen LogP contribution in [0.15, 0.2) is 0 Å². The van der Waals surface area contributed by atoms with Crippen LogP contribution in [0.3, 0.4) is 0 Å². The van der Waals surface area contributed by atoms with Gasteiger partial charge < -0.3 is 15.0 Å². The predicted octanol–water partition coefficient (Wildman–Crippen LogP) is 3.29. The summed E-state index contributed by atoms with van der Waals surface area (Å²) in [6, 6.07) is 0.579. The average Bonchev–Trinajstić information content (AvgIpc) is 2.40. The number of nitrogens with zero attached hydrogens (tertiary/aromatic N) is 1. The Kier molecular flexibility index (Phi) is 8.08. The van der Waals surface area contributed by atoms with Crippen molar-refractivity contribution in [3.63, 3.8) is 0 Å². The van der Waals surface area contributed by atoms with Crippen molar-refractivity contribution in [2.75, 3.05) is 32.8 Å². The lowest BCUT2D eigenvalue weighted by Crippen LogP contribution is -2.47. The monoisotopic (exact) mass is 284 g/mol. The van der Waals surface area contributed by atoms with Crippen molar-refractivity contribution in [1.82, 2.24) is 10.2 Å². The molecule has 0 saturated carbocycles. The molecule has 1 rings (SSSR count). The van der Waals surface area contributed by atoms with E-state index in [-0.39, 0.29) is 0 Å². The first kappa shape index (κ1) is 17.9. The van der Waals surface area contributed by atoms with Crippen LogP contribution in [0.5, 0.6) is 0 Å². The second-order valence-electron chi connectivity index (χ2n) is 7.03. The SMILES string of the molecule is CCCC(C)(CNC(C)C)CN1CCC(OCC)CC1. The van der Waals surface area contributed by atoms with Crippen molar-refractivity contribution >= 4 is 0 Å². The second kappa shape index (κ2) is 9.01. The van der Waals surface area contributed by atoms with Gasteiger partial charge in [-0.25, -0.2) is 0 Å². The Morgan fingerprint density at radius 1 is 1.25 bits per heavy atom. The Morgan fingerprint density at radius 3 is 2.40 bits per heavy atom. The molecular weight excluding hydrogens is 248 g/mol. The fraction of sp³-hybridized carbons (Fsp3) is 1.00. The van der Waals surface area contributed by atoms with Crippen molar-refractivity contribution in [2.24, 2.45) is 5.41 Å². The standard InChI is InChI=1S/C17H36N2O/c1-6-10-17(5,13-18-15(3)4)14-19-11-8-16(9-12-19)20-7-2/h15-16,18H,6-14H2,1-5H3. The van der Waals surface area contributed by atoms with Gasteiger partial charge in [-0.1, -0.05) is 34.1 Å². The number of hydrogen-bond acceptors (Lipinski definition) is 3. The van der Waals surface area contributed by atoms with Gasteiger partial charge in [0.1, 0.15) is 0 Å². The second-order valence-corrected chi connectivity index (χ2v) is 7.03. The minimum absolute atomic E-state index is 0.400. The molecule has 0 spiro atoms. The molecule has 0 aromatic heterocycles. The van der Waals surface area contributed by atoms with E-state index in [1.165, 1.54) is 45.3 Å². The molecule has 120 valence electrons. The molecule has 0 aromatic carbocycles. The highest BCUT2D eigenvalue weighted by Crippen LogP contribution is 2.26. The van der Waals surface area contributed by atoms with E-state index < -0.39 is 0 Å². The van der Waals surface area contributed by atoms with Crippen LogP contribution in [0.25, 0.3) is 0 Å². The van der Waals surface area contributed by atoms with Crippen LogP contribution < -0.4 is 5.32 Å². The number of likely N-dealkylation sites (tertiary alicyclic amines) is 1. The Hall–Kier alpha value is -0.120. The van der Waals surface area contributed by atoms with E-state index in [2.05, 4.69) is 44.8 Å². The molecule has 1 aliphatic heterocycles. The first-order chi connectivity index (χ1) is 9.49. The largest absolute Gasteiger partial charge is 0.378 e. The minimum Gasteiger partial charge on any atom is -0.378 e. The highest BCUT2D eigenvalue weighted by atomic mass is 16.5. The summed E-state index contributed by atoms with van der Waals surface area (Å²) >= 11 is 0. The Bertz CT molecular complexity index is 249. The molecule has 0 amide bonds. The maximum absolute atomic E-state index is 5.75. The first-order valence-electron chi connectivity index (χ1n) is 8.56. The highest BCUT2D eigenvalue weighted by molar-refractivity contribution is 4.84. The van der Waals surface area contributed by atoms with Gasteiger partial charge in [-0.2, -0.15) is 0 Å². The molecule has 3 nitrogen and oxygen atoms in total. The van der Waals surface area contributed by atoms with Crippen LogP contribution >= 0.6 is 0 Å². The summed E-state index contributed by atoms with van der Waals surface area (Å²) < 4.78 is 5.75. The third kappa shape index (κ3) is 6.55. The molecule has 1 unspecified atom stereocenters. The molecule has 1 aliphatic rings. The molecule has 1 heterocycles. The van der Waals surface area contributed by atoms with Crippen LogP contribution in [-0.4, -0.2) is 49.8 Å². The summed E-state index contributed by atoms with van der Waals surface area (Å²) in [6.07, 6.45) is 5.48. The van der Waals surface area contributed by atoms with E-state index in [9.17, 15) is 0 Å². The molecule has 0 aromatic rings. The lowest BCUT2D eigenvalue weighted by atomic mass is 9.84. The van der Waals surface area contributed by atoms with Crippen molar-refractivity contribution in [2.45, 2.75) is 72.4 Å². The molecule has 1 N–H and O–H groups in total. The number of hydrogen-bond donors (Lipinski definition) is 1. The van der Waals surface area contributed by atoms with E-state index >= 15 is 0 Å². The van der Waals surface area contributed by atoms with E-state index in [0.29, 0.717) is 17.6 Å². The zero-order valence-electron chi connectivity index (χ0n) is 14.4. The van der Waals surface area contributed by atoms with Gasteiger partial charge in [-0.05, 0) is 31.6 Å². The summed E-state index contributed by atoms with van der Waals surface area (Å²) in [7, 11) is 0. The van der Waals surface area contributed by atoms with Gasteiger partial charge in [0.05, 0.1) is 6.10 Å². The Labute approximate surface area is 126 Å². The topological polar surface area (TPSA) is 24.5 Å². The zero-order valence-corrected chi connectivity index (χ0v) is 14.4. The molecule has 3 heteroatoms. The van der Waals surface area contributed by atoms with Gasteiger partial charge >= 0.3 is 0 Å².